The third kappa shape index (κ3) is 4.90. The van der Waals surface area contributed by atoms with Crippen molar-refractivity contribution in [2.75, 3.05) is 27.8 Å². The molecule has 1 aromatic rings. The molecule has 120 valence electrons. The van der Waals surface area contributed by atoms with E-state index in [1.54, 1.807) is 14.2 Å². The van der Waals surface area contributed by atoms with Crippen molar-refractivity contribution in [3.05, 3.63) is 23.8 Å². The maximum Gasteiger partial charge on any atom is 0.122 e. The van der Waals surface area contributed by atoms with E-state index in [0.717, 1.165) is 23.5 Å². The average Bonchev–Trinajstić information content (AvgIpc) is 2.46. The minimum absolute atomic E-state index is 0.155. The van der Waals surface area contributed by atoms with Crippen molar-refractivity contribution in [1.29, 1.82) is 0 Å². The van der Waals surface area contributed by atoms with Crippen molar-refractivity contribution >= 4 is 0 Å². The summed E-state index contributed by atoms with van der Waals surface area (Å²) in [6, 6.07) is 6.59. The standard InChI is InChI=1S/C17H30N2O2/c1-12(2)7-13(3)19(4)17(11-18)14-8-15(20-5)10-16(9-14)21-6/h8-10,12-13,17H,7,11,18H2,1-6H3. The van der Waals surface area contributed by atoms with E-state index in [-0.39, 0.29) is 6.04 Å². The van der Waals surface area contributed by atoms with Crippen molar-refractivity contribution in [1.82, 2.24) is 4.90 Å². The van der Waals surface area contributed by atoms with Gasteiger partial charge in [-0.25, -0.2) is 0 Å². The van der Waals surface area contributed by atoms with E-state index >= 15 is 0 Å². The summed E-state index contributed by atoms with van der Waals surface area (Å²) in [5.74, 6) is 2.26. The number of hydrogen-bond donors (Lipinski definition) is 1. The monoisotopic (exact) mass is 294 g/mol. The van der Waals surface area contributed by atoms with Gasteiger partial charge in [0.05, 0.1) is 14.2 Å². The Labute approximate surface area is 129 Å². The summed E-state index contributed by atoms with van der Waals surface area (Å²) in [5.41, 5.74) is 7.17. The van der Waals surface area contributed by atoms with Gasteiger partial charge in [-0.2, -0.15) is 0 Å². The SMILES string of the molecule is COc1cc(OC)cc(C(CN)N(C)C(C)CC(C)C)c1. The predicted octanol–water partition coefficient (Wildman–Crippen LogP) is 3.07. The summed E-state index contributed by atoms with van der Waals surface area (Å²) >= 11 is 0. The lowest BCUT2D eigenvalue weighted by molar-refractivity contribution is 0.168. The molecule has 2 unspecified atom stereocenters. The molecule has 0 aromatic heterocycles. The summed E-state index contributed by atoms with van der Waals surface area (Å²) in [6.45, 7) is 7.31. The molecular weight excluding hydrogens is 264 g/mol. The van der Waals surface area contributed by atoms with Crippen molar-refractivity contribution < 1.29 is 9.47 Å². The van der Waals surface area contributed by atoms with Crippen molar-refractivity contribution in [3.63, 3.8) is 0 Å². The summed E-state index contributed by atoms with van der Waals surface area (Å²) in [7, 11) is 5.47. The second-order valence-electron chi connectivity index (χ2n) is 6.04. The molecule has 0 radical (unpaired) electrons. The first-order valence-electron chi connectivity index (χ1n) is 7.57. The average molecular weight is 294 g/mol. The molecule has 2 atom stereocenters. The highest BCUT2D eigenvalue weighted by Gasteiger charge is 2.22. The lowest BCUT2D eigenvalue weighted by Gasteiger charge is -2.34. The number of nitrogens with zero attached hydrogens (tertiary/aromatic N) is 1. The smallest absolute Gasteiger partial charge is 0.122 e. The maximum atomic E-state index is 6.03. The zero-order chi connectivity index (χ0) is 16.0. The van der Waals surface area contributed by atoms with E-state index in [4.69, 9.17) is 15.2 Å². The van der Waals surface area contributed by atoms with Crippen LogP contribution in [0.4, 0.5) is 0 Å². The fourth-order valence-corrected chi connectivity index (χ4v) is 2.71. The summed E-state index contributed by atoms with van der Waals surface area (Å²) in [6.07, 6.45) is 1.15. The van der Waals surface area contributed by atoms with Gasteiger partial charge in [-0.15, -0.1) is 0 Å². The van der Waals surface area contributed by atoms with Crippen LogP contribution in [-0.2, 0) is 0 Å². The fourth-order valence-electron chi connectivity index (χ4n) is 2.71. The molecule has 1 rings (SSSR count). The number of nitrogens with two attached hydrogens (primary N) is 1. The van der Waals surface area contributed by atoms with Gasteiger partial charge in [0.2, 0.25) is 0 Å². The minimum Gasteiger partial charge on any atom is -0.497 e. The predicted molar refractivity (Wildman–Crippen MR) is 88.0 cm³/mol. The molecule has 2 N–H and O–H groups in total. The molecule has 0 saturated carbocycles. The summed E-state index contributed by atoms with van der Waals surface area (Å²) < 4.78 is 10.7. The molecule has 4 heteroatoms. The van der Waals surface area contributed by atoms with Crippen LogP contribution in [0.5, 0.6) is 11.5 Å². The molecule has 0 bridgehead atoms. The third-order valence-electron chi connectivity index (χ3n) is 3.98. The molecule has 0 aliphatic heterocycles. The number of methoxy groups -OCH3 is 2. The Morgan fingerprint density at radius 2 is 1.57 bits per heavy atom. The van der Waals surface area contributed by atoms with Gasteiger partial charge in [0.1, 0.15) is 11.5 Å². The van der Waals surface area contributed by atoms with Crippen LogP contribution >= 0.6 is 0 Å². The number of likely N-dealkylation sites (N-methyl/N-ethyl adjacent to an activating group) is 1. The third-order valence-corrected chi connectivity index (χ3v) is 3.98. The largest absolute Gasteiger partial charge is 0.497 e. The molecular formula is C17H30N2O2. The Balaban J connectivity index is 3.03. The van der Waals surface area contributed by atoms with E-state index in [1.165, 1.54) is 0 Å². The van der Waals surface area contributed by atoms with Crippen molar-refractivity contribution in [2.45, 2.75) is 39.3 Å². The van der Waals surface area contributed by atoms with Crippen molar-refractivity contribution in [3.8, 4) is 11.5 Å². The Morgan fingerprint density at radius 1 is 1.05 bits per heavy atom. The van der Waals surface area contributed by atoms with Gasteiger partial charge in [-0.3, -0.25) is 4.90 Å². The number of rotatable bonds is 8. The molecule has 0 aliphatic carbocycles. The van der Waals surface area contributed by atoms with E-state index in [0.29, 0.717) is 18.5 Å². The molecule has 4 nitrogen and oxygen atoms in total. The Bertz CT molecular complexity index is 413. The fraction of sp³-hybridized carbons (Fsp3) is 0.647. The number of ether oxygens (including phenoxy) is 2. The second-order valence-corrected chi connectivity index (χ2v) is 6.04. The van der Waals surface area contributed by atoms with Crippen LogP contribution in [-0.4, -0.2) is 38.8 Å². The van der Waals surface area contributed by atoms with Gasteiger partial charge in [-0.05, 0) is 44.0 Å². The van der Waals surface area contributed by atoms with E-state index in [9.17, 15) is 0 Å². The highest BCUT2D eigenvalue weighted by Crippen LogP contribution is 2.30. The van der Waals surface area contributed by atoms with Crippen LogP contribution in [0, 0.1) is 5.92 Å². The Morgan fingerprint density at radius 3 is 1.95 bits per heavy atom. The molecule has 0 amide bonds. The maximum absolute atomic E-state index is 6.03. The first kappa shape index (κ1) is 17.8. The van der Waals surface area contributed by atoms with Gasteiger partial charge in [-0.1, -0.05) is 13.8 Å². The molecule has 21 heavy (non-hydrogen) atoms. The number of benzene rings is 1. The number of hydrogen-bond acceptors (Lipinski definition) is 4. The highest BCUT2D eigenvalue weighted by atomic mass is 16.5. The van der Waals surface area contributed by atoms with E-state index in [2.05, 4.69) is 32.7 Å². The molecule has 0 fully saturated rings. The van der Waals surface area contributed by atoms with Gasteiger partial charge < -0.3 is 15.2 Å². The molecule has 0 aliphatic rings. The topological polar surface area (TPSA) is 47.7 Å². The van der Waals surface area contributed by atoms with Crippen LogP contribution < -0.4 is 15.2 Å². The Kier molecular flexibility index (Phi) is 6.99. The lowest BCUT2D eigenvalue weighted by Crippen LogP contribution is -2.37. The second kappa shape index (κ2) is 8.25. The quantitative estimate of drug-likeness (QED) is 0.800. The highest BCUT2D eigenvalue weighted by molar-refractivity contribution is 5.40. The van der Waals surface area contributed by atoms with Crippen LogP contribution in [0.25, 0.3) is 0 Å². The van der Waals surface area contributed by atoms with Gasteiger partial charge in [0.15, 0.2) is 0 Å². The first-order chi connectivity index (χ1) is 9.92. The van der Waals surface area contributed by atoms with Gasteiger partial charge in [0.25, 0.3) is 0 Å². The van der Waals surface area contributed by atoms with Crippen LogP contribution in [0.15, 0.2) is 18.2 Å². The molecule has 1 aromatic carbocycles. The minimum atomic E-state index is 0.155. The molecule has 0 saturated heterocycles. The lowest BCUT2D eigenvalue weighted by atomic mass is 9.99. The van der Waals surface area contributed by atoms with Gasteiger partial charge in [0, 0.05) is 24.7 Å². The zero-order valence-corrected chi connectivity index (χ0v) is 14.2. The van der Waals surface area contributed by atoms with Crippen molar-refractivity contribution in [2.24, 2.45) is 11.7 Å². The van der Waals surface area contributed by atoms with Gasteiger partial charge >= 0.3 is 0 Å². The van der Waals surface area contributed by atoms with E-state index < -0.39 is 0 Å². The zero-order valence-electron chi connectivity index (χ0n) is 14.2. The first-order valence-corrected chi connectivity index (χ1v) is 7.57. The Hall–Kier alpha value is -1.26. The molecule has 0 spiro atoms. The van der Waals surface area contributed by atoms with Crippen LogP contribution in [0.2, 0.25) is 0 Å². The van der Waals surface area contributed by atoms with Crippen LogP contribution in [0.1, 0.15) is 38.8 Å². The summed E-state index contributed by atoms with van der Waals surface area (Å²) in [5, 5.41) is 0. The summed E-state index contributed by atoms with van der Waals surface area (Å²) in [4.78, 5) is 2.34. The molecule has 0 heterocycles. The van der Waals surface area contributed by atoms with Crippen LogP contribution in [0.3, 0.4) is 0 Å². The van der Waals surface area contributed by atoms with E-state index in [1.807, 2.05) is 18.2 Å². The normalized spacial score (nSPS) is 14.3.